The van der Waals surface area contributed by atoms with Crippen LogP contribution in [-0.2, 0) is 0 Å². The van der Waals surface area contributed by atoms with E-state index in [0.717, 1.165) is 28.3 Å². The minimum absolute atomic E-state index is 0.235. The Hall–Kier alpha value is -3.80. The van der Waals surface area contributed by atoms with Gasteiger partial charge in [-0.3, -0.25) is 4.68 Å². The number of amides is 2. The van der Waals surface area contributed by atoms with Gasteiger partial charge in [0.05, 0.1) is 18.0 Å². The molecule has 0 aliphatic rings. The van der Waals surface area contributed by atoms with Gasteiger partial charge in [-0.15, -0.1) is 0 Å². The quantitative estimate of drug-likeness (QED) is 0.457. The summed E-state index contributed by atoms with van der Waals surface area (Å²) in [6.07, 6.45) is 1.63. The molecular formula is C25H26N4O2. The maximum Gasteiger partial charge on any atom is 0.315 e. The van der Waals surface area contributed by atoms with Crippen LogP contribution in [0.1, 0.15) is 40.4 Å². The molecule has 4 aromatic rings. The van der Waals surface area contributed by atoms with E-state index in [1.54, 1.807) is 6.26 Å². The number of rotatable bonds is 7. The second kappa shape index (κ2) is 9.34. The highest BCUT2D eigenvalue weighted by atomic mass is 16.3. The number of carbonyl (C=O) groups excluding carboxylic acids is 1. The second-order valence-electron chi connectivity index (χ2n) is 7.51. The third-order valence-corrected chi connectivity index (χ3v) is 5.21. The number of aromatic nitrogens is 2. The first-order chi connectivity index (χ1) is 15.1. The van der Waals surface area contributed by atoms with Gasteiger partial charge in [0.15, 0.2) is 0 Å². The molecule has 0 saturated carbocycles. The lowest BCUT2D eigenvalue weighted by Gasteiger charge is -2.22. The first kappa shape index (κ1) is 20.5. The van der Waals surface area contributed by atoms with Crippen LogP contribution in [0.2, 0.25) is 0 Å². The van der Waals surface area contributed by atoms with Crippen LogP contribution in [0.3, 0.4) is 0 Å². The van der Waals surface area contributed by atoms with Gasteiger partial charge in [0.1, 0.15) is 11.8 Å². The van der Waals surface area contributed by atoms with E-state index in [0.29, 0.717) is 6.54 Å². The molecule has 1 unspecified atom stereocenters. The van der Waals surface area contributed by atoms with Crippen LogP contribution in [-0.4, -0.2) is 22.4 Å². The lowest BCUT2D eigenvalue weighted by Crippen LogP contribution is -2.41. The van der Waals surface area contributed by atoms with Crippen molar-refractivity contribution < 1.29 is 9.21 Å². The van der Waals surface area contributed by atoms with Crippen molar-refractivity contribution in [1.29, 1.82) is 0 Å². The Morgan fingerprint density at radius 2 is 1.61 bits per heavy atom. The molecule has 6 heteroatoms. The molecule has 0 spiro atoms. The zero-order valence-electron chi connectivity index (χ0n) is 17.7. The zero-order chi connectivity index (χ0) is 21.6. The van der Waals surface area contributed by atoms with Crippen molar-refractivity contribution in [3.8, 4) is 0 Å². The van der Waals surface area contributed by atoms with E-state index in [9.17, 15) is 4.79 Å². The van der Waals surface area contributed by atoms with Gasteiger partial charge >= 0.3 is 6.03 Å². The molecule has 2 heterocycles. The third kappa shape index (κ3) is 4.86. The topological polar surface area (TPSA) is 72.1 Å². The van der Waals surface area contributed by atoms with Gasteiger partial charge in [-0.2, -0.15) is 5.10 Å². The van der Waals surface area contributed by atoms with E-state index in [1.165, 1.54) is 0 Å². The molecule has 2 aromatic heterocycles. The smallest absolute Gasteiger partial charge is 0.315 e. The second-order valence-corrected chi connectivity index (χ2v) is 7.51. The standard InChI is InChI=1S/C25H26N4O2/c1-18-16-19(2)29(28-18)22(23-14-9-15-31-23)17-26-25(30)27-24(20-10-5-3-6-11-20)21-12-7-4-8-13-21/h3-16,22,24H,17H2,1-2H3,(H2,26,27,30). The van der Waals surface area contributed by atoms with Crippen molar-refractivity contribution in [2.45, 2.75) is 25.9 Å². The van der Waals surface area contributed by atoms with Crippen molar-refractivity contribution in [3.05, 3.63) is 113 Å². The number of carbonyl (C=O) groups is 1. The third-order valence-electron chi connectivity index (χ3n) is 5.21. The van der Waals surface area contributed by atoms with Gasteiger partial charge in [0.25, 0.3) is 0 Å². The van der Waals surface area contributed by atoms with Crippen LogP contribution in [0.25, 0.3) is 0 Å². The highest BCUT2D eigenvalue weighted by Gasteiger charge is 2.22. The number of nitrogens with one attached hydrogen (secondary N) is 2. The molecule has 2 amide bonds. The van der Waals surface area contributed by atoms with E-state index in [2.05, 4.69) is 15.7 Å². The molecule has 31 heavy (non-hydrogen) atoms. The average Bonchev–Trinajstić information content (AvgIpc) is 3.43. The van der Waals surface area contributed by atoms with E-state index >= 15 is 0 Å². The summed E-state index contributed by atoms with van der Waals surface area (Å²) in [5, 5.41) is 10.7. The normalized spacial score (nSPS) is 12.0. The van der Waals surface area contributed by atoms with E-state index < -0.39 is 0 Å². The molecule has 0 aliphatic heterocycles. The van der Waals surface area contributed by atoms with Gasteiger partial charge in [0.2, 0.25) is 0 Å². The molecule has 2 aromatic carbocycles. The largest absolute Gasteiger partial charge is 0.467 e. The summed E-state index contributed by atoms with van der Waals surface area (Å²) in [4.78, 5) is 12.9. The Kier molecular flexibility index (Phi) is 6.17. The van der Waals surface area contributed by atoms with Crippen LogP contribution < -0.4 is 10.6 Å². The van der Waals surface area contributed by atoms with Crippen LogP contribution in [0.5, 0.6) is 0 Å². The lowest BCUT2D eigenvalue weighted by molar-refractivity contribution is 0.236. The summed E-state index contributed by atoms with van der Waals surface area (Å²) in [6, 6.07) is 24.9. The maximum absolute atomic E-state index is 12.9. The number of nitrogens with zero attached hydrogens (tertiary/aromatic N) is 2. The molecule has 4 rings (SSSR count). The Balaban J connectivity index is 1.51. The molecule has 0 radical (unpaired) electrons. The molecular weight excluding hydrogens is 388 g/mol. The lowest BCUT2D eigenvalue weighted by atomic mass is 9.99. The summed E-state index contributed by atoms with van der Waals surface area (Å²) in [7, 11) is 0. The van der Waals surface area contributed by atoms with Crippen LogP contribution in [0.4, 0.5) is 4.79 Å². The van der Waals surface area contributed by atoms with Crippen LogP contribution >= 0.6 is 0 Å². The van der Waals surface area contributed by atoms with Crippen molar-refractivity contribution in [2.24, 2.45) is 0 Å². The Bertz CT molecular complexity index is 1070. The molecule has 0 saturated heterocycles. The molecule has 1 atom stereocenters. The van der Waals surface area contributed by atoms with Gasteiger partial charge in [0, 0.05) is 12.2 Å². The molecule has 0 bridgehead atoms. The van der Waals surface area contributed by atoms with E-state index in [4.69, 9.17) is 4.42 Å². The fourth-order valence-electron chi connectivity index (χ4n) is 3.77. The Morgan fingerprint density at radius 3 is 2.13 bits per heavy atom. The number of hydrogen-bond donors (Lipinski definition) is 2. The average molecular weight is 415 g/mol. The Labute approximate surface area is 181 Å². The van der Waals surface area contributed by atoms with Crippen LogP contribution in [0, 0.1) is 13.8 Å². The van der Waals surface area contributed by atoms with Crippen molar-refractivity contribution >= 4 is 6.03 Å². The minimum Gasteiger partial charge on any atom is -0.467 e. The van der Waals surface area contributed by atoms with E-state index in [-0.39, 0.29) is 18.1 Å². The fourth-order valence-corrected chi connectivity index (χ4v) is 3.77. The SMILES string of the molecule is Cc1cc(C)n(C(CNC(=O)NC(c2ccccc2)c2ccccc2)c2ccco2)n1. The monoisotopic (exact) mass is 414 g/mol. The van der Waals surface area contributed by atoms with Gasteiger partial charge < -0.3 is 15.1 Å². The number of furan rings is 1. The van der Waals surface area contributed by atoms with Crippen LogP contribution in [0.15, 0.2) is 89.5 Å². The summed E-state index contributed by atoms with van der Waals surface area (Å²) < 4.78 is 7.52. The molecule has 0 fully saturated rings. The molecule has 158 valence electrons. The molecule has 2 N–H and O–H groups in total. The number of benzene rings is 2. The highest BCUT2D eigenvalue weighted by Crippen LogP contribution is 2.23. The number of aryl methyl sites for hydroxylation is 2. The van der Waals surface area contributed by atoms with Gasteiger partial charge in [-0.25, -0.2) is 4.79 Å². The summed E-state index contributed by atoms with van der Waals surface area (Å²) in [5.74, 6) is 0.745. The fraction of sp³-hybridized carbons (Fsp3) is 0.200. The predicted octanol–water partition coefficient (Wildman–Crippen LogP) is 4.77. The van der Waals surface area contributed by atoms with Crippen molar-refractivity contribution in [1.82, 2.24) is 20.4 Å². The minimum atomic E-state index is -0.254. The molecule has 0 aliphatic carbocycles. The van der Waals surface area contributed by atoms with Crippen molar-refractivity contribution in [2.75, 3.05) is 6.54 Å². The first-order valence-electron chi connectivity index (χ1n) is 10.3. The first-order valence-corrected chi connectivity index (χ1v) is 10.3. The van der Waals surface area contributed by atoms with E-state index in [1.807, 2.05) is 97.4 Å². The summed E-state index contributed by atoms with van der Waals surface area (Å²) in [6.45, 7) is 4.29. The summed E-state index contributed by atoms with van der Waals surface area (Å²) >= 11 is 0. The maximum atomic E-state index is 12.9. The van der Waals surface area contributed by atoms with Crippen molar-refractivity contribution in [3.63, 3.8) is 0 Å². The predicted molar refractivity (Wildman–Crippen MR) is 120 cm³/mol. The summed E-state index contributed by atoms with van der Waals surface area (Å²) in [5.41, 5.74) is 3.97. The van der Waals surface area contributed by atoms with Gasteiger partial charge in [-0.1, -0.05) is 60.7 Å². The highest BCUT2D eigenvalue weighted by molar-refractivity contribution is 5.75. The zero-order valence-corrected chi connectivity index (χ0v) is 17.7. The van der Waals surface area contributed by atoms with Gasteiger partial charge in [-0.05, 0) is 43.2 Å². The number of hydrogen-bond acceptors (Lipinski definition) is 3. The number of urea groups is 1. The Morgan fingerprint density at radius 1 is 0.968 bits per heavy atom. The molecule has 6 nitrogen and oxygen atoms in total.